The topological polar surface area (TPSA) is 27.3 Å². The molecule has 1 unspecified atom stereocenters. The van der Waals surface area contributed by atoms with E-state index in [0.29, 0.717) is 0 Å². The standard InChI is InChI=1S/C18H15F6N3/c1-27-16(8-17(26-27)18(22,23)24)10-5-6-15(14(21)7-10)25-9-11-12(19)3-2-4-13(11)20/h2-8,17,25-26H,9H2,1H3. The molecule has 1 heterocycles. The fraction of sp³-hybridized carbons (Fsp3) is 0.222. The molecule has 9 heteroatoms. The quantitative estimate of drug-likeness (QED) is 0.760. The van der Waals surface area contributed by atoms with Gasteiger partial charge in [-0.15, -0.1) is 0 Å². The molecule has 0 saturated heterocycles. The average Bonchev–Trinajstić information content (AvgIpc) is 2.98. The Labute approximate surface area is 151 Å². The summed E-state index contributed by atoms with van der Waals surface area (Å²) in [6, 6.07) is 5.32. The number of hydrazine groups is 1. The Morgan fingerprint density at radius 1 is 1.04 bits per heavy atom. The van der Waals surface area contributed by atoms with Crippen molar-refractivity contribution in [2.45, 2.75) is 18.8 Å². The number of nitrogens with one attached hydrogen (secondary N) is 2. The van der Waals surface area contributed by atoms with E-state index < -0.39 is 29.7 Å². The molecule has 0 radical (unpaired) electrons. The normalized spacial score (nSPS) is 17.2. The molecule has 1 atom stereocenters. The molecule has 2 aromatic carbocycles. The number of alkyl halides is 3. The summed E-state index contributed by atoms with van der Waals surface area (Å²) in [4.78, 5) is 0. The van der Waals surface area contributed by atoms with Crippen molar-refractivity contribution < 1.29 is 26.3 Å². The number of rotatable bonds is 4. The molecule has 27 heavy (non-hydrogen) atoms. The molecule has 3 nitrogen and oxygen atoms in total. The predicted molar refractivity (Wildman–Crippen MR) is 88.8 cm³/mol. The minimum Gasteiger partial charge on any atom is -0.378 e. The van der Waals surface area contributed by atoms with E-state index in [-0.39, 0.29) is 29.1 Å². The van der Waals surface area contributed by atoms with Gasteiger partial charge < -0.3 is 10.3 Å². The van der Waals surface area contributed by atoms with Crippen molar-refractivity contribution in [1.29, 1.82) is 0 Å². The van der Waals surface area contributed by atoms with Gasteiger partial charge >= 0.3 is 6.18 Å². The molecule has 1 aliphatic rings. The highest BCUT2D eigenvalue weighted by atomic mass is 19.4. The first kappa shape index (κ1) is 19.1. The third-order valence-electron chi connectivity index (χ3n) is 4.15. The Morgan fingerprint density at radius 2 is 1.70 bits per heavy atom. The van der Waals surface area contributed by atoms with Crippen molar-refractivity contribution in [1.82, 2.24) is 10.4 Å². The average molecular weight is 387 g/mol. The fourth-order valence-electron chi connectivity index (χ4n) is 2.75. The van der Waals surface area contributed by atoms with E-state index in [1.165, 1.54) is 25.2 Å². The summed E-state index contributed by atoms with van der Waals surface area (Å²) in [5, 5.41) is 3.75. The molecule has 0 amide bonds. The summed E-state index contributed by atoms with van der Waals surface area (Å²) in [7, 11) is 1.39. The lowest BCUT2D eigenvalue weighted by Gasteiger charge is -2.20. The zero-order chi connectivity index (χ0) is 19.8. The first-order valence-corrected chi connectivity index (χ1v) is 7.92. The van der Waals surface area contributed by atoms with Gasteiger partial charge in [0, 0.05) is 24.7 Å². The Kier molecular flexibility index (Phi) is 5.05. The van der Waals surface area contributed by atoms with Gasteiger partial charge in [-0.25, -0.2) is 18.6 Å². The fourth-order valence-corrected chi connectivity index (χ4v) is 2.75. The Bertz CT molecular complexity index is 858. The van der Waals surface area contributed by atoms with Crippen LogP contribution in [-0.2, 0) is 6.54 Å². The maximum Gasteiger partial charge on any atom is 0.409 e. The number of hydrogen-bond acceptors (Lipinski definition) is 3. The zero-order valence-corrected chi connectivity index (χ0v) is 14.0. The second-order valence-electron chi connectivity index (χ2n) is 6.01. The molecule has 0 spiro atoms. The van der Waals surface area contributed by atoms with Crippen molar-refractivity contribution in [3.8, 4) is 0 Å². The van der Waals surface area contributed by atoms with E-state index >= 15 is 0 Å². The van der Waals surface area contributed by atoms with Gasteiger partial charge in [-0.3, -0.25) is 0 Å². The van der Waals surface area contributed by atoms with Gasteiger partial charge in [0.15, 0.2) is 0 Å². The van der Waals surface area contributed by atoms with Gasteiger partial charge in [0.1, 0.15) is 23.5 Å². The molecule has 2 aromatic rings. The van der Waals surface area contributed by atoms with Crippen molar-refractivity contribution >= 4 is 11.4 Å². The van der Waals surface area contributed by atoms with Crippen LogP contribution >= 0.6 is 0 Å². The van der Waals surface area contributed by atoms with Crippen molar-refractivity contribution in [3.63, 3.8) is 0 Å². The summed E-state index contributed by atoms with van der Waals surface area (Å²) in [6.45, 7) is -0.283. The van der Waals surface area contributed by atoms with Crippen LogP contribution in [0.3, 0.4) is 0 Å². The highest BCUT2D eigenvalue weighted by Gasteiger charge is 2.42. The highest BCUT2D eigenvalue weighted by Crippen LogP contribution is 2.31. The molecule has 144 valence electrons. The van der Waals surface area contributed by atoms with Crippen LogP contribution in [-0.4, -0.2) is 24.3 Å². The SMILES string of the molecule is CN1NC(C(F)(F)F)C=C1c1ccc(NCc2c(F)cccc2F)c(F)c1. The maximum absolute atomic E-state index is 14.3. The summed E-state index contributed by atoms with van der Waals surface area (Å²) in [5.74, 6) is -2.28. The molecular formula is C18H15F6N3. The third kappa shape index (κ3) is 4.02. The molecular weight excluding hydrogens is 372 g/mol. The summed E-state index contributed by atoms with van der Waals surface area (Å²) >= 11 is 0. The van der Waals surface area contributed by atoms with Crippen LogP contribution in [0.15, 0.2) is 42.5 Å². The zero-order valence-electron chi connectivity index (χ0n) is 14.0. The molecule has 0 bridgehead atoms. The molecule has 0 saturated carbocycles. The largest absolute Gasteiger partial charge is 0.409 e. The van der Waals surface area contributed by atoms with Gasteiger partial charge in [0.05, 0.1) is 11.4 Å². The number of benzene rings is 2. The molecule has 2 N–H and O–H groups in total. The van der Waals surface area contributed by atoms with Crippen LogP contribution in [0.1, 0.15) is 11.1 Å². The van der Waals surface area contributed by atoms with Gasteiger partial charge in [0.25, 0.3) is 0 Å². The number of nitrogens with zero attached hydrogens (tertiary/aromatic N) is 1. The van der Waals surface area contributed by atoms with Gasteiger partial charge in [-0.1, -0.05) is 12.1 Å². The van der Waals surface area contributed by atoms with E-state index in [1.54, 1.807) is 0 Å². The molecule has 0 aliphatic carbocycles. The van der Waals surface area contributed by atoms with Crippen LogP contribution in [0.4, 0.5) is 32.0 Å². The van der Waals surface area contributed by atoms with E-state index in [0.717, 1.165) is 29.3 Å². The number of hydrogen-bond donors (Lipinski definition) is 2. The third-order valence-corrected chi connectivity index (χ3v) is 4.15. The highest BCUT2D eigenvalue weighted by molar-refractivity contribution is 5.68. The first-order chi connectivity index (χ1) is 12.7. The molecule has 3 rings (SSSR count). The molecule has 0 fully saturated rings. The van der Waals surface area contributed by atoms with E-state index in [2.05, 4.69) is 10.7 Å². The first-order valence-electron chi connectivity index (χ1n) is 7.92. The van der Waals surface area contributed by atoms with Gasteiger partial charge in [-0.05, 0) is 30.3 Å². The minimum absolute atomic E-state index is 0.0250. The van der Waals surface area contributed by atoms with Crippen LogP contribution < -0.4 is 10.7 Å². The van der Waals surface area contributed by atoms with Crippen molar-refractivity contribution in [3.05, 3.63) is 71.1 Å². The number of halogens is 6. The Hall–Kier alpha value is -2.68. The van der Waals surface area contributed by atoms with E-state index in [1.807, 2.05) is 0 Å². The van der Waals surface area contributed by atoms with Gasteiger partial charge in [0.2, 0.25) is 0 Å². The molecule has 1 aliphatic heterocycles. The van der Waals surface area contributed by atoms with Crippen LogP contribution in [0.25, 0.3) is 5.70 Å². The molecule has 0 aromatic heterocycles. The lowest BCUT2D eigenvalue weighted by molar-refractivity contribution is -0.148. The summed E-state index contributed by atoms with van der Waals surface area (Å²) < 4.78 is 80.0. The van der Waals surface area contributed by atoms with Crippen LogP contribution in [0.2, 0.25) is 0 Å². The predicted octanol–water partition coefficient (Wildman–Crippen LogP) is 4.44. The second kappa shape index (κ2) is 7.15. The smallest absolute Gasteiger partial charge is 0.378 e. The second-order valence-corrected chi connectivity index (χ2v) is 6.01. The van der Waals surface area contributed by atoms with E-state index in [4.69, 9.17) is 0 Å². The lowest BCUT2D eigenvalue weighted by Crippen LogP contribution is -2.42. The Morgan fingerprint density at radius 3 is 2.26 bits per heavy atom. The number of anilines is 1. The summed E-state index contributed by atoms with van der Waals surface area (Å²) in [6.07, 6.45) is -3.52. The lowest BCUT2D eigenvalue weighted by atomic mass is 10.1. The van der Waals surface area contributed by atoms with Crippen LogP contribution in [0.5, 0.6) is 0 Å². The van der Waals surface area contributed by atoms with Crippen molar-refractivity contribution in [2.24, 2.45) is 0 Å². The maximum atomic E-state index is 14.3. The Balaban J connectivity index is 1.78. The van der Waals surface area contributed by atoms with E-state index in [9.17, 15) is 26.3 Å². The van der Waals surface area contributed by atoms with Gasteiger partial charge in [-0.2, -0.15) is 13.2 Å². The minimum atomic E-state index is -4.47. The van der Waals surface area contributed by atoms with Crippen molar-refractivity contribution in [2.75, 3.05) is 12.4 Å². The van der Waals surface area contributed by atoms with Crippen LogP contribution in [0, 0.1) is 17.5 Å². The monoisotopic (exact) mass is 387 g/mol. The summed E-state index contributed by atoms with van der Waals surface area (Å²) in [5.41, 5.74) is 2.37.